The number of aliphatic hydroxyl groups is 1. The Hall–Kier alpha value is -1.91. The fourth-order valence-corrected chi connectivity index (χ4v) is 1.73. The van der Waals surface area contributed by atoms with E-state index in [0.717, 1.165) is 6.26 Å². The van der Waals surface area contributed by atoms with Crippen LogP contribution in [0.5, 0.6) is 0 Å². The summed E-state index contributed by atoms with van der Waals surface area (Å²) in [4.78, 5) is 15.7. The van der Waals surface area contributed by atoms with Crippen molar-refractivity contribution < 1.29 is 18.3 Å². The number of hydrogen-bond acceptors (Lipinski definition) is 5. The number of carbonyl (C=O) groups is 1. The Bertz CT molecular complexity index is 614. The maximum atomic E-state index is 11.8. The van der Waals surface area contributed by atoms with E-state index in [1.807, 2.05) is 0 Å². The molecular formula is C12H14N2O4S. The van der Waals surface area contributed by atoms with Gasteiger partial charge < -0.3 is 10.4 Å². The van der Waals surface area contributed by atoms with Crippen molar-refractivity contribution in [2.24, 2.45) is 0 Å². The van der Waals surface area contributed by atoms with Crippen molar-refractivity contribution in [2.45, 2.75) is 0 Å². The molecule has 7 heteroatoms. The Morgan fingerprint density at radius 3 is 2.89 bits per heavy atom. The molecule has 1 aromatic rings. The average molecular weight is 282 g/mol. The molecule has 6 nitrogen and oxygen atoms in total. The van der Waals surface area contributed by atoms with Gasteiger partial charge in [-0.05, 0) is 12.1 Å². The third-order valence-electron chi connectivity index (χ3n) is 2.08. The average Bonchev–Trinajstić information content (AvgIpc) is 2.35. The van der Waals surface area contributed by atoms with Gasteiger partial charge in [-0.25, -0.2) is 13.4 Å². The minimum atomic E-state index is -3.12. The van der Waals surface area contributed by atoms with E-state index in [2.05, 4.69) is 22.1 Å². The minimum absolute atomic E-state index is 0.0150. The molecule has 0 saturated carbocycles. The summed E-state index contributed by atoms with van der Waals surface area (Å²) in [5.74, 6) is 4.41. The van der Waals surface area contributed by atoms with E-state index < -0.39 is 15.7 Å². The summed E-state index contributed by atoms with van der Waals surface area (Å²) in [6.45, 7) is -0.300. The van der Waals surface area contributed by atoms with Gasteiger partial charge in [0, 0.05) is 19.0 Å². The molecule has 102 valence electrons. The van der Waals surface area contributed by atoms with Gasteiger partial charge in [-0.2, -0.15) is 0 Å². The molecule has 0 bridgehead atoms. The Kier molecular flexibility index (Phi) is 5.48. The summed E-state index contributed by atoms with van der Waals surface area (Å²) in [6.07, 6.45) is 2.54. The topological polar surface area (TPSA) is 96.4 Å². The van der Waals surface area contributed by atoms with Gasteiger partial charge in [0.05, 0.1) is 11.3 Å². The molecule has 0 aromatic carbocycles. The Morgan fingerprint density at radius 2 is 2.26 bits per heavy atom. The second-order valence-corrected chi connectivity index (χ2v) is 6.00. The summed E-state index contributed by atoms with van der Waals surface area (Å²) in [5.41, 5.74) is 0.491. The first-order valence-corrected chi connectivity index (χ1v) is 7.51. The van der Waals surface area contributed by atoms with E-state index in [9.17, 15) is 13.2 Å². The van der Waals surface area contributed by atoms with Crippen LogP contribution in [0.4, 0.5) is 0 Å². The summed E-state index contributed by atoms with van der Waals surface area (Å²) < 4.78 is 21.9. The van der Waals surface area contributed by atoms with Crippen LogP contribution in [0.25, 0.3) is 0 Å². The van der Waals surface area contributed by atoms with Crippen LogP contribution in [0.15, 0.2) is 18.3 Å². The number of rotatable bonds is 4. The Labute approximate surface area is 111 Å². The van der Waals surface area contributed by atoms with Crippen LogP contribution in [-0.2, 0) is 9.84 Å². The van der Waals surface area contributed by atoms with Crippen LogP contribution < -0.4 is 5.32 Å². The zero-order chi connectivity index (χ0) is 14.3. The molecule has 0 spiro atoms. The van der Waals surface area contributed by atoms with Crippen LogP contribution >= 0.6 is 0 Å². The Balaban J connectivity index is 2.77. The van der Waals surface area contributed by atoms with Crippen LogP contribution in [0.3, 0.4) is 0 Å². The number of sulfone groups is 1. The van der Waals surface area contributed by atoms with Gasteiger partial charge in [0.25, 0.3) is 5.91 Å². The first-order valence-electron chi connectivity index (χ1n) is 5.44. The highest BCUT2D eigenvalue weighted by atomic mass is 32.2. The van der Waals surface area contributed by atoms with E-state index in [1.54, 1.807) is 12.1 Å². The number of pyridine rings is 1. The van der Waals surface area contributed by atoms with E-state index in [-0.39, 0.29) is 24.6 Å². The van der Waals surface area contributed by atoms with E-state index in [0.29, 0.717) is 5.56 Å². The molecule has 19 heavy (non-hydrogen) atoms. The molecule has 1 rings (SSSR count). The lowest BCUT2D eigenvalue weighted by Gasteiger charge is -2.05. The van der Waals surface area contributed by atoms with Crippen LogP contribution in [0.1, 0.15) is 16.1 Å². The molecule has 1 heterocycles. The summed E-state index contributed by atoms with van der Waals surface area (Å²) in [5, 5.41) is 11.1. The van der Waals surface area contributed by atoms with Crippen LogP contribution in [-0.4, -0.2) is 49.6 Å². The molecule has 2 N–H and O–H groups in total. The van der Waals surface area contributed by atoms with Gasteiger partial charge >= 0.3 is 0 Å². The highest BCUT2D eigenvalue weighted by molar-refractivity contribution is 7.90. The zero-order valence-electron chi connectivity index (χ0n) is 10.4. The minimum Gasteiger partial charge on any atom is -0.384 e. The first kappa shape index (κ1) is 15.1. The summed E-state index contributed by atoms with van der Waals surface area (Å²) >= 11 is 0. The first-order chi connectivity index (χ1) is 8.94. The maximum Gasteiger partial charge on any atom is 0.271 e. The van der Waals surface area contributed by atoms with E-state index in [1.165, 1.54) is 6.20 Å². The maximum absolute atomic E-state index is 11.8. The van der Waals surface area contributed by atoms with Crippen molar-refractivity contribution in [1.82, 2.24) is 10.3 Å². The molecule has 0 aliphatic heterocycles. The SMILES string of the molecule is CS(=O)(=O)CCNC(=O)c1ncccc1C#CCO. The van der Waals surface area contributed by atoms with Crippen LogP contribution in [0.2, 0.25) is 0 Å². The number of aliphatic hydroxyl groups excluding tert-OH is 1. The lowest BCUT2D eigenvalue weighted by Crippen LogP contribution is -2.30. The third-order valence-corrected chi connectivity index (χ3v) is 3.03. The predicted molar refractivity (Wildman–Crippen MR) is 70.2 cm³/mol. The highest BCUT2D eigenvalue weighted by Crippen LogP contribution is 2.03. The number of aromatic nitrogens is 1. The molecule has 0 atom stereocenters. The van der Waals surface area contributed by atoms with E-state index in [4.69, 9.17) is 5.11 Å². The van der Waals surface area contributed by atoms with Crippen molar-refractivity contribution in [3.63, 3.8) is 0 Å². The van der Waals surface area contributed by atoms with Gasteiger partial charge in [0.15, 0.2) is 0 Å². The monoisotopic (exact) mass is 282 g/mol. The van der Waals surface area contributed by atoms with Gasteiger partial charge in [0.1, 0.15) is 22.1 Å². The third kappa shape index (κ3) is 5.50. The normalized spacial score (nSPS) is 10.4. The van der Waals surface area contributed by atoms with E-state index >= 15 is 0 Å². The lowest BCUT2D eigenvalue weighted by atomic mass is 10.2. The Morgan fingerprint density at radius 1 is 1.53 bits per heavy atom. The number of nitrogens with zero attached hydrogens (tertiary/aromatic N) is 1. The van der Waals surface area contributed by atoms with Crippen LogP contribution in [0, 0.1) is 11.8 Å². The molecule has 0 unspecified atom stereocenters. The van der Waals surface area contributed by atoms with Gasteiger partial charge in [-0.15, -0.1) is 0 Å². The fourth-order valence-electron chi connectivity index (χ4n) is 1.26. The fraction of sp³-hybridized carbons (Fsp3) is 0.333. The van der Waals surface area contributed by atoms with Gasteiger partial charge in [-0.3, -0.25) is 4.79 Å². The number of nitrogens with one attached hydrogen (secondary N) is 1. The van der Waals surface area contributed by atoms with Gasteiger partial charge in [0.2, 0.25) is 0 Å². The summed E-state index contributed by atoms with van der Waals surface area (Å²) in [7, 11) is -3.12. The second kappa shape index (κ2) is 6.87. The zero-order valence-corrected chi connectivity index (χ0v) is 11.2. The van der Waals surface area contributed by atoms with Crippen molar-refractivity contribution in [3.8, 4) is 11.8 Å². The molecule has 0 aliphatic rings. The molecule has 0 aliphatic carbocycles. The number of carbonyl (C=O) groups excluding carboxylic acids is 1. The van der Waals surface area contributed by atoms with Gasteiger partial charge in [-0.1, -0.05) is 11.8 Å². The second-order valence-electron chi connectivity index (χ2n) is 3.75. The number of hydrogen-bond donors (Lipinski definition) is 2. The molecule has 0 radical (unpaired) electrons. The smallest absolute Gasteiger partial charge is 0.271 e. The molecule has 1 amide bonds. The van der Waals surface area contributed by atoms with Crippen molar-refractivity contribution in [1.29, 1.82) is 0 Å². The quantitative estimate of drug-likeness (QED) is 0.705. The van der Waals surface area contributed by atoms with Crippen molar-refractivity contribution in [3.05, 3.63) is 29.6 Å². The molecular weight excluding hydrogens is 268 g/mol. The lowest BCUT2D eigenvalue weighted by molar-refractivity contribution is 0.0951. The van der Waals surface area contributed by atoms with Crippen molar-refractivity contribution in [2.75, 3.05) is 25.2 Å². The predicted octanol–water partition coefficient (Wildman–Crippen LogP) is -0.800. The standard InChI is InChI=1S/C12H14N2O4S/c1-19(17,18)9-7-14-12(16)11-10(5-3-8-15)4-2-6-13-11/h2,4,6,15H,7-9H2,1H3,(H,14,16). The summed E-state index contributed by atoms with van der Waals surface area (Å²) in [6, 6.07) is 3.22. The van der Waals surface area contributed by atoms with Crippen molar-refractivity contribution >= 4 is 15.7 Å². The largest absolute Gasteiger partial charge is 0.384 e. The molecule has 0 fully saturated rings. The highest BCUT2D eigenvalue weighted by Gasteiger charge is 2.11. The number of amides is 1. The molecule has 0 saturated heterocycles. The molecule has 1 aromatic heterocycles.